The molecule has 1 amide bonds. The highest BCUT2D eigenvalue weighted by atomic mass is 32.1. The van der Waals surface area contributed by atoms with Crippen LogP contribution < -0.4 is 10.2 Å². The Kier molecular flexibility index (Phi) is 7.23. The van der Waals surface area contributed by atoms with Crippen LogP contribution in [0.25, 0.3) is 10.1 Å². The van der Waals surface area contributed by atoms with Gasteiger partial charge in [-0.1, -0.05) is 13.0 Å². The predicted octanol–water partition coefficient (Wildman–Crippen LogP) is 3.63. The van der Waals surface area contributed by atoms with Crippen molar-refractivity contribution < 1.29 is 4.79 Å². The molecule has 3 rings (SSSR count). The second-order valence-corrected chi connectivity index (χ2v) is 8.43. The number of unbranched alkanes of at least 4 members (excludes halogenated alkanes) is 1. The monoisotopic (exact) mass is 391 g/mol. The van der Waals surface area contributed by atoms with Crippen molar-refractivity contribution in [3.05, 3.63) is 29.6 Å². The molecule has 1 aliphatic rings. The average molecular weight is 392 g/mol. The molecule has 4 nitrogen and oxygen atoms in total. The lowest BCUT2D eigenvalue weighted by molar-refractivity contribution is -0.120. The third kappa shape index (κ3) is 4.93. The van der Waals surface area contributed by atoms with Crippen molar-refractivity contribution in [1.82, 2.24) is 10.2 Å². The molecule has 0 aliphatic carbocycles. The Balaban J connectivity index is 1.37. The fourth-order valence-corrected chi connectivity index (χ4v) is 4.34. The minimum absolute atomic E-state index is 0.0621. The van der Waals surface area contributed by atoms with E-state index in [0.717, 1.165) is 58.5 Å². The van der Waals surface area contributed by atoms with E-state index in [-0.39, 0.29) is 11.2 Å². The van der Waals surface area contributed by atoms with Crippen molar-refractivity contribution in [2.75, 3.05) is 44.2 Å². The lowest BCUT2D eigenvalue weighted by Gasteiger charge is -2.36. The second kappa shape index (κ2) is 9.62. The number of thiophene rings is 1. The van der Waals surface area contributed by atoms with Crippen LogP contribution in [0.2, 0.25) is 0 Å². The summed E-state index contributed by atoms with van der Waals surface area (Å²) in [6.07, 6.45) is 2.94. The van der Waals surface area contributed by atoms with Gasteiger partial charge in [-0.05, 0) is 49.4 Å². The largest absolute Gasteiger partial charge is 0.368 e. The van der Waals surface area contributed by atoms with E-state index in [1.807, 2.05) is 18.3 Å². The molecule has 1 fully saturated rings. The number of nitrogens with one attached hydrogen (secondary N) is 1. The Morgan fingerprint density at radius 3 is 2.81 bits per heavy atom. The first-order valence-electron chi connectivity index (χ1n) is 9.58. The molecule has 2 heterocycles. The van der Waals surface area contributed by atoms with Crippen LogP contribution in [0.5, 0.6) is 0 Å². The van der Waals surface area contributed by atoms with E-state index < -0.39 is 0 Å². The third-order valence-electron chi connectivity index (χ3n) is 5.08. The van der Waals surface area contributed by atoms with Crippen LogP contribution in [0.1, 0.15) is 26.2 Å². The number of hydrogen-bond acceptors (Lipinski definition) is 5. The van der Waals surface area contributed by atoms with Gasteiger partial charge in [0.15, 0.2) is 0 Å². The SMILES string of the molecule is CCC(S)C(=O)NCCCCN1CCN(c2cccc3sccc23)CC1. The minimum atomic E-state index is -0.171. The highest BCUT2D eigenvalue weighted by Crippen LogP contribution is 2.31. The van der Waals surface area contributed by atoms with Gasteiger partial charge in [0.05, 0.1) is 5.25 Å². The molecule has 1 N–H and O–H groups in total. The first-order chi connectivity index (χ1) is 12.7. The van der Waals surface area contributed by atoms with Crippen molar-refractivity contribution in [1.29, 1.82) is 0 Å². The Morgan fingerprint density at radius 1 is 1.23 bits per heavy atom. The van der Waals surface area contributed by atoms with Crippen molar-refractivity contribution in [3.8, 4) is 0 Å². The molecule has 1 aromatic carbocycles. The number of piperazine rings is 1. The number of benzene rings is 1. The number of anilines is 1. The summed E-state index contributed by atoms with van der Waals surface area (Å²) >= 11 is 6.08. The van der Waals surface area contributed by atoms with Gasteiger partial charge in [-0.3, -0.25) is 9.69 Å². The maximum atomic E-state index is 11.7. The van der Waals surface area contributed by atoms with Crippen LogP contribution in [0, 0.1) is 0 Å². The highest BCUT2D eigenvalue weighted by molar-refractivity contribution is 7.81. The summed E-state index contributed by atoms with van der Waals surface area (Å²) in [5.74, 6) is 0.0621. The first kappa shape index (κ1) is 19.5. The fraction of sp³-hybridized carbons (Fsp3) is 0.550. The zero-order chi connectivity index (χ0) is 18.4. The second-order valence-electron chi connectivity index (χ2n) is 6.86. The van der Waals surface area contributed by atoms with Crippen LogP contribution >= 0.6 is 24.0 Å². The summed E-state index contributed by atoms with van der Waals surface area (Å²) in [5.41, 5.74) is 1.38. The van der Waals surface area contributed by atoms with E-state index in [2.05, 4.69) is 57.4 Å². The molecule has 142 valence electrons. The van der Waals surface area contributed by atoms with Gasteiger partial charge in [-0.15, -0.1) is 11.3 Å². The normalized spacial score (nSPS) is 16.8. The van der Waals surface area contributed by atoms with E-state index in [1.54, 1.807) is 0 Å². The molecule has 0 saturated carbocycles. The molecule has 1 aliphatic heterocycles. The first-order valence-corrected chi connectivity index (χ1v) is 11.0. The molecule has 0 bridgehead atoms. The lowest BCUT2D eigenvalue weighted by Crippen LogP contribution is -2.46. The smallest absolute Gasteiger partial charge is 0.232 e. The molecule has 1 saturated heterocycles. The van der Waals surface area contributed by atoms with Crippen LogP contribution in [0.4, 0.5) is 5.69 Å². The topological polar surface area (TPSA) is 35.6 Å². The summed E-state index contributed by atoms with van der Waals surface area (Å²) in [5, 5.41) is 6.37. The van der Waals surface area contributed by atoms with Crippen LogP contribution in [0.15, 0.2) is 29.6 Å². The molecule has 0 radical (unpaired) electrons. The van der Waals surface area contributed by atoms with Gasteiger partial charge in [-0.25, -0.2) is 0 Å². The summed E-state index contributed by atoms with van der Waals surface area (Å²) in [4.78, 5) is 16.7. The number of carbonyl (C=O) groups is 1. The van der Waals surface area contributed by atoms with Gasteiger partial charge in [0, 0.05) is 48.5 Å². The third-order valence-corrected chi connectivity index (χ3v) is 6.56. The fourth-order valence-electron chi connectivity index (χ4n) is 3.44. The number of rotatable bonds is 8. The van der Waals surface area contributed by atoms with Crippen molar-refractivity contribution >= 4 is 45.6 Å². The van der Waals surface area contributed by atoms with Gasteiger partial charge in [-0.2, -0.15) is 12.6 Å². The van der Waals surface area contributed by atoms with Crippen LogP contribution in [-0.2, 0) is 4.79 Å². The van der Waals surface area contributed by atoms with Crippen molar-refractivity contribution in [3.63, 3.8) is 0 Å². The van der Waals surface area contributed by atoms with E-state index in [9.17, 15) is 4.79 Å². The van der Waals surface area contributed by atoms with Crippen molar-refractivity contribution in [2.45, 2.75) is 31.4 Å². The standard InChI is InChI=1S/C20H29N3OS2/c1-2-18(25)20(24)21-9-3-4-10-22-11-13-23(14-12-22)17-6-5-7-19-16(17)8-15-26-19/h5-8,15,18,25H,2-4,9-14H2,1H3,(H,21,24). The van der Waals surface area contributed by atoms with Crippen LogP contribution in [0.3, 0.4) is 0 Å². The van der Waals surface area contributed by atoms with E-state index in [1.165, 1.54) is 15.8 Å². The molecule has 1 aromatic heterocycles. The number of carbonyl (C=O) groups excluding carboxylic acids is 1. The summed E-state index contributed by atoms with van der Waals surface area (Å²) in [6.45, 7) is 8.26. The maximum absolute atomic E-state index is 11.7. The average Bonchev–Trinajstić information content (AvgIpc) is 3.16. The van der Waals surface area contributed by atoms with Crippen LogP contribution in [-0.4, -0.2) is 55.3 Å². The number of amides is 1. The Hall–Kier alpha value is -1.24. The highest BCUT2D eigenvalue weighted by Gasteiger charge is 2.18. The minimum Gasteiger partial charge on any atom is -0.368 e. The van der Waals surface area contributed by atoms with Gasteiger partial charge in [0.1, 0.15) is 0 Å². The van der Waals surface area contributed by atoms with Gasteiger partial charge < -0.3 is 10.2 Å². The molecular formula is C20H29N3OS2. The lowest BCUT2D eigenvalue weighted by atomic mass is 10.1. The van der Waals surface area contributed by atoms with Gasteiger partial charge >= 0.3 is 0 Å². The van der Waals surface area contributed by atoms with Gasteiger partial charge in [0.2, 0.25) is 5.91 Å². The molecule has 0 spiro atoms. The zero-order valence-electron chi connectivity index (χ0n) is 15.5. The number of hydrogen-bond donors (Lipinski definition) is 2. The summed E-state index contributed by atoms with van der Waals surface area (Å²) in [6, 6.07) is 8.86. The Labute approximate surface area is 166 Å². The molecule has 6 heteroatoms. The summed E-state index contributed by atoms with van der Waals surface area (Å²) in [7, 11) is 0. The van der Waals surface area contributed by atoms with E-state index >= 15 is 0 Å². The predicted molar refractivity (Wildman–Crippen MR) is 116 cm³/mol. The quantitative estimate of drug-likeness (QED) is 0.533. The zero-order valence-corrected chi connectivity index (χ0v) is 17.2. The maximum Gasteiger partial charge on any atom is 0.232 e. The molecule has 1 unspecified atom stereocenters. The van der Waals surface area contributed by atoms with Crippen molar-refractivity contribution in [2.24, 2.45) is 0 Å². The molecule has 2 aromatic rings. The molecule has 26 heavy (non-hydrogen) atoms. The summed E-state index contributed by atoms with van der Waals surface area (Å²) < 4.78 is 1.37. The number of nitrogens with zero attached hydrogens (tertiary/aromatic N) is 2. The Bertz CT molecular complexity index is 710. The Morgan fingerprint density at radius 2 is 2.04 bits per heavy atom. The molecule has 1 atom stereocenters. The van der Waals surface area contributed by atoms with Gasteiger partial charge in [0.25, 0.3) is 0 Å². The molecular weight excluding hydrogens is 362 g/mol. The number of fused-ring (bicyclic) bond motifs is 1. The van der Waals surface area contributed by atoms with E-state index in [4.69, 9.17) is 0 Å². The number of thiol groups is 1. The van der Waals surface area contributed by atoms with E-state index in [0.29, 0.717) is 0 Å².